The number of nitrogens with zero attached hydrogens (tertiary/aromatic N) is 2. The molecule has 0 aliphatic heterocycles. The number of halogens is 1. The van der Waals surface area contributed by atoms with Crippen LogP contribution in [0.3, 0.4) is 0 Å². The number of thiophene rings is 1. The number of hydrogen-bond donors (Lipinski definition) is 0. The van der Waals surface area contributed by atoms with Gasteiger partial charge < -0.3 is 4.42 Å². The fourth-order valence-corrected chi connectivity index (χ4v) is 1.62. The highest BCUT2D eigenvalue weighted by molar-refractivity contribution is 7.08. The van der Waals surface area contributed by atoms with Crippen LogP contribution >= 0.6 is 22.9 Å². The van der Waals surface area contributed by atoms with Crippen LogP contribution in [0.4, 0.5) is 0 Å². The lowest BCUT2D eigenvalue weighted by Gasteiger charge is -1.91. The molecule has 0 aliphatic rings. The van der Waals surface area contributed by atoms with E-state index in [4.69, 9.17) is 16.0 Å². The monoisotopic (exact) mass is 214 g/mol. The molecular weight excluding hydrogens is 208 g/mol. The van der Waals surface area contributed by atoms with Crippen molar-refractivity contribution in [2.24, 2.45) is 0 Å². The SMILES string of the molecule is CC(Cl)c1nnc(-c2ccsc2)o1. The number of aromatic nitrogens is 2. The van der Waals surface area contributed by atoms with Crippen molar-refractivity contribution in [1.82, 2.24) is 10.2 Å². The summed E-state index contributed by atoms with van der Waals surface area (Å²) in [5.74, 6) is 0.992. The molecule has 13 heavy (non-hydrogen) atoms. The van der Waals surface area contributed by atoms with Gasteiger partial charge in [0.25, 0.3) is 0 Å². The summed E-state index contributed by atoms with van der Waals surface area (Å²) in [6.45, 7) is 1.80. The van der Waals surface area contributed by atoms with E-state index in [0.29, 0.717) is 11.8 Å². The zero-order chi connectivity index (χ0) is 9.26. The van der Waals surface area contributed by atoms with Gasteiger partial charge in [0.05, 0.1) is 0 Å². The second kappa shape index (κ2) is 3.47. The van der Waals surface area contributed by atoms with Gasteiger partial charge in [-0.2, -0.15) is 11.3 Å². The van der Waals surface area contributed by atoms with E-state index < -0.39 is 0 Å². The molecule has 0 bridgehead atoms. The van der Waals surface area contributed by atoms with Gasteiger partial charge in [0.2, 0.25) is 11.8 Å². The van der Waals surface area contributed by atoms with Gasteiger partial charge in [-0.3, -0.25) is 0 Å². The Balaban J connectivity index is 2.33. The number of hydrogen-bond acceptors (Lipinski definition) is 4. The standard InChI is InChI=1S/C8H7ClN2OS/c1-5(9)7-10-11-8(12-7)6-2-3-13-4-6/h2-5H,1H3. The van der Waals surface area contributed by atoms with E-state index in [9.17, 15) is 0 Å². The molecule has 5 heteroatoms. The summed E-state index contributed by atoms with van der Waals surface area (Å²) in [5, 5.41) is 11.4. The molecule has 2 rings (SSSR count). The Kier molecular flexibility index (Phi) is 2.33. The molecule has 0 saturated heterocycles. The largest absolute Gasteiger partial charge is 0.419 e. The third kappa shape index (κ3) is 1.73. The van der Waals surface area contributed by atoms with Gasteiger partial charge in [-0.15, -0.1) is 21.8 Å². The van der Waals surface area contributed by atoms with Crippen molar-refractivity contribution < 1.29 is 4.42 Å². The van der Waals surface area contributed by atoms with E-state index in [2.05, 4.69) is 10.2 Å². The average molecular weight is 215 g/mol. The molecule has 1 atom stereocenters. The van der Waals surface area contributed by atoms with Crippen molar-refractivity contribution >= 4 is 22.9 Å². The van der Waals surface area contributed by atoms with Crippen molar-refractivity contribution in [2.45, 2.75) is 12.3 Å². The molecule has 0 radical (unpaired) electrons. The number of rotatable bonds is 2. The Labute approximate surface area is 84.4 Å². The molecule has 2 aromatic rings. The molecule has 0 saturated carbocycles. The molecule has 2 aromatic heterocycles. The molecule has 0 spiro atoms. The summed E-state index contributed by atoms with van der Waals surface area (Å²) >= 11 is 7.38. The topological polar surface area (TPSA) is 38.9 Å². The van der Waals surface area contributed by atoms with Crippen LogP contribution in [0.5, 0.6) is 0 Å². The minimum absolute atomic E-state index is 0.236. The van der Waals surface area contributed by atoms with Gasteiger partial charge in [-0.1, -0.05) is 0 Å². The zero-order valence-corrected chi connectivity index (χ0v) is 8.47. The maximum atomic E-state index is 5.78. The van der Waals surface area contributed by atoms with Gasteiger partial charge in [-0.25, -0.2) is 0 Å². The Morgan fingerprint density at radius 1 is 1.54 bits per heavy atom. The van der Waals surface area contributed by atoms with Crippen molar-refractivity contribution in [2.75, 3.05) is 0 Å². The molecular formula is C8H7ClN2OS. The van der Waals surface area contributed by atoms with Crippen molar-refractivity contribution in [3.05, 3.63) is 22.7 Å². The second-order valence-electron chi connectivity index (χ2n) is 2.57. The lowest BCUT2D eigenvalue weighted by Crippen LogP contribution is -1.81. The quantitative estimate of drug-likeness (QED) is 0.722. The third-order valence-electron chi connectivity index (χ3n) is 1.55. The van der Waals surface area contributed by atoms with Crippen molar-refractivity contribution in [3.8, 4) is 11.5 Å². The molecule has 0 aliphatic carbocycles. The smallest absolute Gasteiger partial charge is 0.248 e. The third-order valence-corrected chi connectivity index (χ3v) is 2.42. The first-order valence-corrected chi connectivity index (χ1v) is 5.15. The summed E-state index contributed by atoms with van der Waals surface area (Å²) in [6, 6.07) is 1.93. The lowest BCUT2D eigenvalue weighted by molar-refractivity contribution is 0.507. The average Bonchev–Trinajstić information content (AvgIpc) is 2.75. The van der Waals surface area contributed by atoms with Gasteiger partial charge in [0.15, 0.2) is 0 Å². The van der Waals surface area contributed by atoms with Crippen LogP contribution in [0.1, 0.15) is 18.2 Å². The number of alkyl halides is 1. The summed E-state index contributed by atoms with van der Waals surface area (Å²) in [6.07, 6.45) is 0. The highest BCUT2D eigenvalue weighted by Crippen LogP contribution is 2.24. The van der Waals surface area contributed by atoms with Gasteiger partial charge in [-0.05, 0) is 18.4 Å². The minimum Gasteiger partial charge on any atom is -0.419 e. The Bertz CT molecular complexity index is 383. The van der Waals surface area contributed by atoms with Gasteiger partial charge in [0.1, 0.15) is 5.38 Å². The molecule has 0 aromatic carbocycles. The summed E-state index contributed by atoms with van der Waals surface area (Å²) in [4.78, 5) is 0. The maximum absolute atomic E-state index is 5.78. The first-order valence-electron chi connectivity index (χ1n) is 3.77. The molecule has 1 unspecified atom stereocenters. The van der Waals surface area contributed by atoms with Crippen LogP contribution < -0.4 is 0 Å². The summed E-state index contributed by atoms with van der Waals surface area (Å²) < 4.78 is 5.34. The van der Waals surface area contributed by atoms with E-state index in [0.717, 1.165) is 5.56 Å². The van der Waals surface area contributed by atoms with Crippen molar-refractivity contribution in [3.63, 3.8) is 0 Å². The van der Waals surface area contributed by atoms with Crippen LogP contribution in [0.2, 0.25) is 0 Å². The predicted molar refractivity (Wildman–Crippen MR) is 51.9 cm³/mol. The Morgan fingerprint density at radius 3 is 2.92 bits per heavy atom. The van der Waals surface area contributed by atoms with E-state index in [1.165, 1.54) is 0 Å². The summed E-state index contributed by atoms with van der Waals surface area (Å²) in [5.41, 5.74) is 0.945. The van der Waals surface area contributed by atoms with Crippen LogP contribution in [0.15, 0.2) is 21.2 Å². The molecule has 0 fully saturated rings. The normalized spacial score (nSPS) is 13.1. The molecule has 2 heterocycles. The van der Waals surface area contributed by atoms with Gasteiger partial charge >= 0.3 is 0 Å². The Hall–Kier alpha value is -0.870. The van der Waals surface area contributed by atoms with E-state index in [1.54, 1.807) is 18.3 Å². The predicted octanol–water partition coefficient (Wildman–Crippen LogP) is 3.10. The van der Waals surface area contributed by atoms with E-state index in [-0.39, 0.29) is 5.38 Å². The fourth-order valence-electron chi connectivity index (χ4n) is 0.898. The molecule has 68 valence electrons. The minimum atomic E-state index is -0.236. The second-order valence-corrected chi connectivity index (χ2v) is 4.01. The van der Waals surface area contributed by atoms with Crippen LogP contribution in [0, 0.1) is 0 Å². The highest BCUT2D eigenvalue weighted by Gasteiger charge is 2.12. The lowest BCUT2D eigenvalue weighted by atomic mass is 10.3. The molecule has 0 amide bonds. The Morgan fingerprint density at radius 2 is 2.38 bits per heavy atom. The highest BCUT2D eigenvalue weighted by atomic mass is 35.5. The zero-order valence-electron chi connectivity index (χ0n) is 6.90. The van der Waals surface area contributed by atoms with Crippen LogP contribution in [0.25, 0.3) is 11.5 Å². The van der Waals surface area contributed by atoms with Crippen LogP contribution in [-0.4, -0.2) is 10.2 Å². The first kappa shape index (κ1) is 8.72. The summed E-state index contributed by atoms with van der Waals surface area (Å²) in [7, 11) is 0. The maximum Gasteiger partial charge on any atom is 0.248 e. The van der Waals surface area contributed by atoms with E-state index >= 15 is 0 Å². The van der Waals surface area contributed by atoms with Crippen molar-refractivity contribution in [1.29, 1.82) is 0 Å². The van der Waals surface area contributed by atoms with Crippen LogP contribution in [-0.2, 0) is 0 Å². The molecule has 3 nitrogen and oxygen atoms in total. The molecule has 0 N–H and O–H groups in total. The van der Waals surface area contributed by atoms with Gasteiger partial charge in [0, 0.05) is 10.9 Å². The first-order chi connectivity index (χ1) is 6.27. The fraction of sp³-hybridized carbons (Fsp3) is 0.250. The van der Waals surface area contributed by atoms with E-state index in [1.807, 2.05) is 16.8 Å².